The van der Waals surface area contributed by atoms with E-state index in [2.05, 4.69) is 48.2 Å². The number of hydrogen-bond acceptors (Lipinski definition) is 8. The van der Waals surface area contributed by atoms with E-state index >= 15 is 0 Å². The average molecular weight is 465 g/mol. The first-order valence-corrected chi connectivity index (χ1v) is 12.9. The van der Waals surface area contributed by atoms with Crippen LogP contribution in [0.2, 0.25) is 0 Å². The number of nitrogens with zero attached hydrogens (tertiary/aromatic N) is 7. The van der Waals surface area contributed by atoms with Gasteiger partial charge in [0.2, 0.25) is 5.95 Å². The molecule has 5 rings (SSSR count). The summed E-state index contributed by atoms with van der Waals surface area (Å²) in [7, 11) is 0. The second-order valence-corrected chi connectivity index (χ2v) is 9.80. The van der Waals surface area contributed by atoms with Crippen molar-refractivity contribution in [2.24, 2.45) is 5.92 Å². The van der Waals surface area contributed by atoms with E-state index in [9.17, 15) is 0 Å². The molecule has 0 aromatic carbocycles. The van der Waals surface area contributed by atoms with Crippen LogP contribution in [0.5, 0.6) is 0 Å². The van der Waals surface area contributed by atoms with Gasteiger partial charge in [0.15, 0.2) is 10.8 Å². The first-order chi connectivity index (χ1) is 16.1. The summed E-state index contributed by atoms with van der Waals surface area (Å²) in [5, 5.41) is 1.07. The summed E-state index contributed by atoms with van der Waals surface area (Å²) in [6.45, 7) is 9.67. The maximum absolute atomic E-state index is 5.60. The molecule has 0 spiro atoms. The summed E-state index contributed by atoms with van der Waals surface area (Å²) in [6.07, 6.45) is 12.1. The Hall–Kier alpha value is -2.65. The Morgan fingerprint density at radius 2 is 1.82 bits per heavy atom. The lowest BCUT2D eigenvalue weighted by Gasteiger charge is -2.40. The lowest BCUT2D eigenvalue weighted by atomic mass is 9.91. The summed E-state index contributed by atoms with van der Waals surface area (Å²) in [4.78, 5) is 22.6. The number of pyridine rings is 1. The molecule has 2 aliphatic rings. The van der Waals surface area contributed by atoms with Gasteiger partial charge in [-0.2, -0.15) is 0 Å². The minimum absolute atomic E-state index is 0.333. The average Bonchev–Trinajstić information content (AvgIpc) is 3.24. The summed E-state index contributed by atoms with van der Waals surface area (Å²) in [5.74, 6) is 0.901. The number of aromatic nitrogens is 5. The van der Waals surface area contributed by atoms with Crippen molar-refractivity contribution in [1.29, 1.82) is 0 Å². The molecule has 33 heavy (non-hydrogen) atoms. The molecule has 9 heteroatoms. The second-order valence-electron chi connectivity index (χ2n) is 9.02. The van der Waals surface area contributed by atoms with Gasteiger partial charge in [-0.15, -0.1) is 0 Å². The molecule has 174 valence electrons. The molecule has 0 atom stereocenters. The van der Waals surface area contributed by atoms with Gasteiger partial charge in [-0.1, -0.05) is 18.3 Å². The summed E-state index contributed by atoms with van der Waals surface area (Å²) < 4.78 is 2.36. The number of nitrogens with two attached hydrogens (primary N) is 1. The molecule has 2 fully saturated rings. The van der Waals surface area contributed by atoms with Gasteiger partial charge >= 0.3 is 0 Å². The lowest BCUT2D eigenvalue weighted by molar-refractivity contribution is 0.153. The molecule has 0 saturated carbocycles. The number of thioether (sulfide) groups is 1. The van der Waals surface area contributed by atoms with Crippen molar-refractivity contribution in [2.75, 3.05) is 38.2 Å². The number of hydrogen-bond donors (Lipinski definition) is 1. The topological polar surface area (TPSA) is 89.0 Å². The third kappa shape index (κ3) is 4.70. The zero-order valence-corrected chi connectivity index (χ0v) is 20.0. The summed E-state index contributed by atoms with van der Waals surface area (Å²) in [6, 6.07) is 4.47. The maximum atomic E-state index is 5.60. The molecule has 5 heterocycles. The Morgan fingerprint density at radius 1 is 1.09 bits per heavy atom. The maximum Gasteiger partial charge on any atom is 0.219 e. The van der Waals surface area contributed by atoms with Gasteiger partial charge in [-0.25, -0.2) is 19.9 Å². The van der Waals surface area contributed by atoms with Gasteiger partial charge < -0.3 is 15.2 Å². The molecule has 0 aliphatic carbocycles. The van der Waals surface area contributed by atoms with Crippen molar-refractivity contribution in [3.05, 3.63) is 48.6 Å². The SMILES string of the molecule is C=C(C1CCN(Cc2cnc(N)nc2)CC1)N1CCC(n2c(SC)nc3cccnc32)CC1. The number of rotatable bonds is 6. The number of imidazole rings is 1. The fourth-order valence-electron chi connectivity index (χ4n) is 5.18. The zero-order chi connectivity index (χ0) is 22.8. The number of anilines is 1. The molecule has 0 bridgehead atoms. The Kier molecular flexibility index (Phi) is 6.50. The van der Waals surface area contributed by atoms with Gasteiger partial charge in [0.25, 0.3) is 0 Å². The van der Waals surface area contributed by atoms with Crippen LogP contribution < -0.4 is 5.73 Å². The zero-order valence-electron chi connectivity index (χ0n) is 19.2. The minimum atomic E-state index is 0.333. The number of fused-ring (bicyclic) bond motifs is 1. The van der Waals surface area contributed by atoms with E-state index in [1.807, 2.05) is 24.7 Å². The van der Waals surface area contributed by atoms with E-state index in [0.717, 1.165) is 80.3 Å². The molecule has 2 aliphatic heterocycles. The number of piperidine rings is 2. The van der Waals surface area contributed by atoms with Crippen molar-refractivity contribution in [2.45, 2.75) is 43.4 Å². The molecule has 3 aromatic heterocycles. The van der Waals surface area contributed by atoms with Crippen molar-refractivity contribution in [1.82, 2.24) is 34.3 Å². The molecular weight excluding hydrogens is 432 g/mol. The fourth-order valence-corrected chi connectivity index (χ4v) is 5.80. The molecule has 0 unspecified atom stereocenters. The van der Waals surface area contributed by atoms with E-state index in [4.69, 9.17) is 10.7 Å². The summed E-state index contributed by atoms with van der Waals surface area (Å²) in [5.41, 5.74) is 10.0. The molecule has 0 radical (unpaired) electrons. The van der Waals surface area contributed by atoms with Crippen LogP contribution in [0.25, 0.3) is 11.2 Å². The highest BCUT2D eigenvalue weighted by molar-refractivity contribution is 7.98. The van der Waals surface area contributed by atoms with Crippen LogP contribution in [-0.2, 0) is 6.54 Å². The van der Waals surface area contributed by atoms with Crippen LogP contribution in [-0.4, -0.2) is 66.7 Å². The Labute approximate surface area is 199 Å². The fraction of sp³-hybridized carbons (Fsp3) is 0.500. The van der Waals surface area contributed by atoms with Crippen LogP contribution in [0.4, 0.5) is 5.95 Å². The number of nitrogen functional groups attached to an aromatic ring is 1. The van der Waals surface area contributed by atoms with Crippen molar-refractivity contribution in [3.63, 3.8) is 0 Å². The summed E-state index contributed by atoms with van der Waals surface area (Å²) >= 11 is 1.71. The smallest absolute Gasteiger partial charge is 0.219 e. The van der Waals surface area contributed by atoms with Crippen LogP contribution in [0.1, 0.15) is 37.3 Å². The molecule has 2 saturated heterocycles. The number of likely N-dealkylation sites (tertiary alicyclic amines) is 2. The highest BCUT2D eigenvalue weighted by Gasteiger charge is 2.29. The predicted octanol–water partition coefficient (Wildman–Crippen LogP) is 3.59. The first-order valence-electron chi connectivity index (χ1n) is 11.7. The Balaban J connectivity index is 1.15. The van der Waals surface area contributed by atoms with Crippen LogP contribution in [0, 0.1) is 5.92 Å². The molecular formula is C24H32N8S. The molecule has 0 amide bonds. The van der Waals surface area contributed by atoms with Gasteiger partial charge in [-0.05, 0) is 57.2 Å². The van der Waals surface area contributed by atoms with E-state index in [-0.39, 0.29) is 0 Å². The van der Waals surface area contributed by atoms with Gasteiger partial charge in [0, 0.05) is 61.4 Å². The van der Waals surface area contributed by atoms with Gasteiger partial charge in [-0.3, -0.25) is 4.90 Å². The largest absolute Gasteiger partial charge is 0.375 e. The van der Waals surface area contributed by atoms with Crippen molar-refractivity contribution in [3.8, 4) is 0 Å². The predicted molar refractivity (Wildman–Crippen MR) is 133 cm³/mol. The van der Waals surface area contributed by atoms with Gasteiger partial charge in [0.05, 0.1) is 0 Å². The van der Waals surface area contributed by atoms with Crippen molar-refractivity contribution < 1.29 is 0 Å². The van der Waals surface area contributed by atoms with Crippen LogP contribution >= 0.6 is 11.8 Å². The van der Waals surface area contributed by atoms with Crippen LogP contribution in [0.3, 0.4) is 0 Å². The van der Waals surface area contributed by atoms with E-state index in [1.165, 1.54) is 5.70 Å². The third-order valence-corrected chi connectivity index (χ3v) is 7.68. The molecule has 8 nitrogen and oxygen atoms in total. The molecule has 3 aromatic rings. The highest BCUT2D eigenvalue weighted by Crippen LogP contribution is 2.34. The quantitative estimate of drug-likeness (QED) is 0.554. The lowest BCUT2D eigenvalue weighted by Crippen LogP contribution is -2.40. The van der Waals surface area contributed by atoms with Gasteiger partial charge in [0.1, 0.15) is 5.52 Å². The molecule has 2 N–H and O–H groups in total. The monoisotopic (exact) mass is 464 g/mol. The Bertz CT molecular complexity index is 1100. The van der Waals surface area contributed by atoms with E-state index in [0.29, 0.717) is 17.9 Å². The third-order valence-electron chi connectivity index (χ3n) is 7.03. The van der Waals surface area contributed by atoms with E-state index in [1.54, 1.807) is 11.8 Å². The second kappa shape index (κ2) is 9.69. The normalized spacial score (nSPS) is 18.8. The standard InChI is InChI=1S/C24H32N8S/c1-17(19-5-10-30(11-6-19)16-18-14-27-23(25)28-15-18)31-12-7-20(8-13-31)32-22-21(4-3-9-26-22)29-24(32)33-2/h3-4,9,14-15,19-20H,1,5-8,10-13,16H2,2H3,(H2,25,27,28). The highest BCUT2D eigenvalue weighted by atomic mass is 32.2. The van der Waals surface area contributed by atoms with Crippen LogP contribution in [0.15, 0.2) is 48.2 Å². The first kappa shape index (κ1) is 22.2. The Morgan fingerprint density at radius 3 is 2.52 bits per heavy atom. The van der Waals surface area contributed by atoms with E-state index < -0.39 is 0 Å². The van der Waals surface area contributed by atoms with Crippen molar-refractivity contribution >= 4 is 28.9 Å². The minimum Gasteiger partial charge on any atom is -0.375 e. The number of allylic oxidation sites excluding steroid dienone is 1.